The molecule has 2 bridgehead atoms. The highest BCUT2D eigenvalue weighted by Gasteiger charge is 2.54. The van der Waals surface area contributed by atoms with E-state index in [0.29, 0.717) is 17.0 Å². The van der Waals surface area contributed by atoms with Gasteiger partial charge >= 0.3 is 5.97 Å². The van der Waals surface area contributed by atoms with Crippen molar-refractivity contribution in [2.24, 2.45) is 5.92 Å². The molecule has 0 saturated carbocycles. The maximum atomic E-state index is 14.0. The fourth-order valence-electron chi connectivity index (χ4n) is 6.14. The molecule has 3 aliphatic rings. The lowest BCUT2D eigenvalue weighted by molar-refractivity contribution is -1.01. The van der Waals surface area contributed by atoms with Gasteiger partial charge in [-0.05, 0) is 37.8 Å². The van der Waals surface area contributed by atoms with Crippen LogP contribution in [-0.2, 0) is 15.1 Å². The summed E-state index contributed by atoms with van der Waals surface area (Å²) < 4.78 is 7.13. The van der Waals surface area contributed by atoms with Gasteiger partial charge in [0.1, 0.15) is 6.04 Å². The Morgan fingerprint density at radius 3 is 1.89 bits per heavy atom. The zero-order valence-electron chi connectivity index (χ0n) is 21.4. The Morgan fingerprint density at radius 2 is 1.39 bits per heavy atom. The number of aryl methyl sites for hydroxylation is 2. The van der Waals surface area contributed by atoms with Gasteiger partial charge in [0.25, 0.3) is 0 Å². The first-order chi connectivity index (χ1) is 16.8. The molecule has 0 amide bonds. The van der Waals surface area contributed by atoms with E-state index in [-0.39, 0.29) is 29.3 Å². The van der Waals surface area contributed by atoms with Gasteiger partial charge in [-0.2, -0.15) is 0 Å². The SMILES string of the molecule is Cc1ccc(C(O)(C(=O)O[C@@H]2CC3CC[N+]2(C(C)c2ccccc2)CC3)c2ccc(C)cc2)cc1.[Br-]. The van der Waals surface area contributed by atoms with Gasteiger partial charge in [-0.25, -0.2) is 4.79 Å². The molecule has 36 heavy (non-hydrogen) atoms. The van der Waals surface area contributed by atoms with E-state index in [1.165, 1.54) is 5.56 Å². The maximum absolute atomic E-state index is 14.0. The van der Waals surface area contributed by atoms with Crippen LogP contribution in [0.15, 0.2) is 78.9 Å². The van der Waals surface area contributed by atoms with Crippen molar-refractivity contribution >= 4 is 5.97 Å². The highest BCUT2D eigenvalue weighted by molar-refractivity contribution is 5.85. The molecule has 0 spiro atoms. The minimum absolute atomic E-state index is 0. The number of aliphatic hydroxyl groups is 1. The normalized spacial score (nSPS) is 24.0. The lowest BCUT2D eigenvalue weighted by Gasteiger charge is -2.56. The van der Waals surface area contributed by atoms with Crippen LogP contribution in [0.3, 0.4) is 0 Å². The number of nitrogens with zero attached hydrogens (tertiary/aromatic N) is 1. The third-order valence-corrected chi connectivity index (χ3v) is 8.55. The van der Waals surface area contributed by atoms with E-state index in [2.05, 4.69) is 31.2 Å². The topological polar surface area (TPSA) is 46.5 Å². The standard InChI is InChI=1S/C31H36NO3.BrH/c1-22-9-13-27(14-10-22)31(34,28-15-11-23(2)12-16-28)30(33)35-29-21-25-17-19-32(29,20-18-25)24(3)26-7-5-4-6-8-26;/h4-16,24-25,29,34H,17-21H2,1-3H3;1H/q+1;/p-1/t24?,25?,29-,32?;/m1./s1. The minimum atomic E-state index is -1.86. The number of rotatable bonds is 6. The predicted octanol–water partition coefficient (Wildman–Crippen LogP) is 2.80. The van der Waals surface area contributed by atoms with E-state index in [0.717, 1.165) is 48.0 Å². The second-order valence-electron chi connectivity index (χ2n) is 10.6. The fraction of sp³-hybridized carbons (Fsp3) is 0.387. The van der Waals surface area contributed by atoms with Crippen LogP contribution in [0, 0.1) is 19.8 Å². The summed E-state index contributed by atoms with van der Waals surface area (Å²) in [6.07, 6.45) is 2.89. The van der Waals surface area contributed by atoms with Crippen LogP contribution in [0.2, 0.25) is 0 Å². The van der Waals surface area contributed by atoms with Crippen molar-refractivity contribution in [3.8, 4) is 0 Å². The molecule has 4 nitrogen and oxygen atoms in total. The van der Waals surface area contributed by atoms with Crippen molar-refractivity contribution in [2.45, 2.75) is 57.9 Å². The molecule has 3 fully saturated rings. The van der Waals surface area contributed by atoms with Gasteiger partial charge in [0.15, 0.2) is 0 Å². The summed E-state index contributed by atoms with van der Waals surface area (Å²) >= 11 is 0. The Bertz CT molecular complexity index is 1120. The Kier molecular flexibility index (Phi) is 7.75. The predicted molar refractivity (Wildman–Crippen MR) is 137 cm³/mol. The molecular formula is C31H36BrNO3. The van der Waals surface area contributed by atoms with Crippen molar-refractivity contribution in [1.82, 2.24) is 0 Å². The summed E-state index contributed by atoms with van der Waals surface area (Å²) in [5.41, 5.74) is 2.63. The zero-order valence-corrected chi connectivity index (χ0v) is 22.9. The molecule has 6 rings (SSSR count). The monoisotopic (exact) mass is 549 g/mol. The van der Waals surface area contributed by atoms with E-state index in [1.54, 1.807) is 0 Å². The molecule has 0 aromatic heterocycles. The average molecular weight is 551 g/mol. The molecular weight excluding hydrogens is 514 g/mol. The van der Waals surface area contributed by atoms with Gasteiger partial charge in [-0.1, -0.05) is 90.0 Å². The number of esters is 1. The molecule has 3 heterocycles. The van der Waals surface area contributed by atoms with Gasteiger partial charge in [-0.15, -0.1) is 0 Å². The van der Waals surface area contributed by atoms with E-state index in [1.807, 2.05) is 68.4 Å². The Balaban J connectivity index is 0.00000304. The van der Waals surface area contributed by atoms with Gasteiger partial charge in [0.05, 0.1) is 13.1 Å². The summed E-state index contributed by atoms with van der Waals surface area (Å²) in [5, 5.41) is 12.1. The number of halogens is 1. The van der Waals surface area contributed by atoms with Crippen LogP contribution in [0.4, 0.5) is 0 Å². The molecule has 190 valence electrons. The van der Waals surface area contributed by atoms with E-state index in [4.69, 9.17) is 4.74 Å². The molecule has 3 aliphatic heterocycles. The summed E-state index contributed by atoms with van der Waals surface area (Å²) in [7, 11) is 0. The number of benzene rings is 3. The second kappa shape index (κ2) is 10.5. The van der Waals surface area contributed by atoms with Crippen molar-refractivity contribution in [2.75, 3.05) is 13.1 Å². The minimum Gasteiger partial charge on any atom is -1.00 e. The number of quaternary nitrogens is 1. The number of ether oxygens (including phenoxy) is 1. The van der Waals surface area contributed by atoms with Crippen molar-refractivity contribution in [3.05, 3.63) is 107 Å². The van der Waals surface area contributed by atoms with Crippen LogP contribution in [0.25, 0.3) is 0 Å². The van der Waals surface area contributed by atoms with E-state index < -0.39 is 11.6 Å². The smallest absolute Gasteiger partial charge is 0.352 e. The maximum Gasteiger partial charge on any atom is 0.352 e. The van der Waals surface area contributed by atoms with Gasteiger partial charge in [0.2, 0.25) is 11.8 Å². The highest BCUT2D eigenvalue weighted by Crippen LogP contribution is 2.46. The number of hydrogen-bond donors (Lipinski definition) is 1. The molecule has 3 aromatic rings. The van der Waals surface area contributed by atoms with Crippen LogP contribution >= 0.6 is 0 Å². The summed E-state index contributed by atoms with van der Waals surface area (Å²) in [6.45, 7) is 8.24. The second-order valence-corrected chi connectivity index (χ2v) is 10.6. The first-order valence-corrected chi connectivity index (χ1v) is 12.8. The van der Waals surface area contributed by atoms with Gasteiger partial charge in [0, 0.05) is 24.8 Å². The number of piperidine rings is 3. The summed E-state index contributed by atoms with van der Waals surface area (Å²) in [4.78, 5) is 14.0. The van der Waals surface area contributed by atoms with Crippen LogP contribution in [0.1, 0.15) is 60.0 Å². The summed E-state index contributed by atoms with van der Waals surface area (Å²) in [5.74, 6) is -0.0110. The quantitative estimate of drug-likeness (QED) is 0.380. The molecule has 5 heteroatoms. The highest BCUT2D eigenvalue weighted by atomic mass is 79.9. The third kappa shape index (κ3) is 4.65. The first kappa shape index (κ1) is 26.6. The van der Waals surface area contributed by atoms with Crippen LogP contribution in [0.5, 0.6) is 0 Å². The third-order valence-electron chi connectivity index (χ3n) is 8.55. The Morgan fingerprint density at radius 1 is 0.889 bits per heavy atom. The largest absolute Gasteiger partial charge is 1.00 e. The molecule has 3 saturated heterocycles. The number of carbonyl (C=O) groups excluding carboxylic acids is 1. The van der Waals surface area contributed by atoms with Crippen LogP contribution < -0.4 is 17.0 Å². The molecule has 0 aliphatic carbocycles. The first-order valence-electron chi connectivity index (χ1n) is 12.8. The molecule has 2 atom stereocenters. The van der Waals surface area contributed by atoms with Gasteiger partial charge < -0.3 is 26.8 Å². The molecule has 0 radical (unpaired) electrons. The average Bonchev–Trinajstić information content (AvgIpc) is 2.90. The zero-order chi connectivity index (χ0) is 24.6. The number of fused-ring (bicyclic) bond motifs is 3. The lowest BCUT2D eigenvalue weighted by atomic mass is 9.81. The molecule has 1 N–H and O–H groups in total. The Hall–Kier alpha value is -2.47. The lowest BCUT2D eigenvalue weighted by Crippen LogP contribution is -3.00. The van der Waals surface area contributed by atoms with Crippen LogP contribution in [-0.4, -0.2) is 34.9 Å². The van der Waals surface area contributed by atoms with E-state index >= 15 is 0 Å². The fourth-order valence-corrected chi connectivity index (χ4v) is 6.14. The number of carbonyl (C=O) groups is 1. The molecule has 1 unspecified atom stereocenters. The van der Waals surface area contributed by atoms with E-state index in [9.17, 15) is 9.90 Å². The summed E-state index contributed by atoms with van der Waals surface area (Å²) in [6, 6.07) is 25.8. The van der Waals surface area contributed by atoms with Crippen molar-refractivity contribution < 1.29 is 36.1 Å². The van der Waals surface area contributed by atoms with Crippen molar-refractivity contribution in [1.29, 1.82) is 0 Å². The number of hydrogen-bond acceptors (Lipinski definition) is 3. The van der Waals surface area contributed by atoms with Gasteiger partial charge in [-0.3, -0.25) is 4.48 Å². The molecule has 3 aromatic carbocycles. The van der Waals surface area contributed by atoms with Crippen molar-refractivity contribution in [3.63, 3.8) is 0 Å². The Labute approximate surface area is 225 Å².